The second kappa shape index (κ2) is 7.51. The Bertz CT molecular complexity index is 392. The minimum absolute atomic E-state index is 0. The van der Waals surface area contributed by atoms with Crippen LogP contribution in [0.3, 0.4) is 0 Å². The predicted molar refractivity (Wildman–Crippen MR) is 80.3 cm³/mol. The van der Waals surface area contributed by atoms with Crippen LogP contribution in [0.5, 0.6) is 0 Å². The molecular weight excluding hydrogens is 260 g/mol. The molecule has 0 aliphatic heterocycles. The van der Waals surface area contributed by atoms with E-state index in [-0.39, 0.29) is 24.4 Å². The average molecular weight is 283 g/mol. The van der Waals surface area contributed by atoms with Crippen molar-refractivity contribution in [2.24, 2.45) is 5.73 Å². The number of halogens is 1. The molecule has 4 heteroatoms. The van der Waals surface area contributed by atoms with Gasteiger partial charge in [-0.15, -0.1) is 12.4 Å². The van der Waals surface area contributed by atoms with Gasteiger partial charge in [-0.05, 0) is 24.8 Å². The molecule has 1 saturated carbocycles. The van der Waals surface area contributed by atoms with Gasteiger partial charge in [-0.1, -0.05) is 37.3 Å². The topological polar surface area (TPSA) is 46.3 Å². The van der Waals surface area contributed by atoms with Gasteiger partial charge in [0.2, 0.25) is 5.91 Å². The van der Waals surface area contributed by atoms with Crippen molar-refractivity contribution in [3.8, 4) is 0 Å². The van der Waals surface area contributed by atoms with Crippen LogP contribution in [-0.4, -0.2) is 23.4 Å². The second-order valence-electron chi connectivity index (χ2n) is 5.04. The van der Waals surface area contributed by atoms with Crippen molar-refractivity contribution in [2.45, 2.75) is 44.7 Å². The van der Waals surface area contributed by atoms with E-state index in [1.807, 2.05) is 35.2 Å². The first-order chi connectivity index (χ1) is 8.72. The van der Waals surface area contributed by atoms with Crippen molar-refractivity contribution in [1.29, 1.82) is 0 Å². The SMILES string of the molecule is CCCN(C(=O)CC(N)c1ccccc1)C1CC1.Cl. The Balaban J connectivity index is 0.00000180. The Morgan fingerprint density at radius 1 is 1.37 bits per heavy atom. The molecule has 2 rings (SSSR count). The third kappa shape index (κ3) is 4.51. The van der Waals surface area contributed by atoms with Crippen molar-refractivity contribution in [1.82, 2.24) is 4.90 Å². The van der Waals surface area contributed by atoms with Gasteiger partial charge in [-0.2, -0.15) is 0 Å². The molecule has 0 saturated heterocycles. The lowest BCUT2D eigenvalue weighted by molar-refractivity contribution is -0.132. The molecule has 1 amide bonds. The van der Waals surface area contributed by atoms with Crippen molar-refractivity contribution in [2.75, 3.05) is 6.54 Å². The third-order valence-corrected chi connectivity index (χ3v) is 3.39. The molecule has 106 valence electrons. The smallest absolute Gasteiger partial charge is 0.224 e. The summed E-state index contributed by atoms with van der Waals surface area (Å²) in [5, 5.41) is 0. The number of amides is 1. The summed E-state index contributed by atoms with van der Waals surface area (Å²) in [5.74, 6) is 0.204. The van der Waals surface area contributed by atoms with E-state index in [0.29, 0.717) is 12.5 Å². The monoisotopic (exact) mass is 282 g/mol. The molecule has 1 aromatic carbocycles. The van der Waals surface area contributed by atoms with Gasteiger partial charge in [-0.3, -0.25) is 4.79 Å². The maximum atomic E-state index is 12.2. The molecule has 1 atom stereocenters. The molecule has 0 bridgehead atoms. The highest BCUT2D eigenvalue weighted by Crippen LogP contribution is 2.28. The highest BCUT2D eigenvalue weighted by molar-refractivity contribution is 5.85. The first kappa shape index (κ1) is 16.0. The van der Waals surface area contributed by atoms with E-state index >= 15 is 0 Å². The van der Waals surface area contributed by atoms with Gasteiger partial charge in [-0.25, -0.2) is 0 Å². The quantitative estimate of drug-likeness (QED) is 0.872. The summed E-state index contributed by atoms with van der Waals surface area (Å²) >= 11 is 0. The largest absolute Gasteiger partial charge is 0.340 e. The van der Waals surface area contributed by atoms with Crippen LogP contribution in [0.2, 0.25) is 0 Å². The first-order valence-corrected chi connectivity index (χ1v) is 6.82. The summed E-state index contributed by atoms with van der Waals surface area (Å²) in [6.45, 7) is 2.98. The summed E-state index contributed by atoms with van der Waals surface area (Å²) in [7, 11) is 0. The van der Waals surface area contributed by atoms with Crippen LogP contribution in [0.4, 0.5) is 0 Å². The van der Waals surface area contributed by atoms with Crippen LogP contribution < -0.4 is 5.73 Å². The number of nitrogens with two attached hydrogens (primary N) is 1. The van der Waals surface area contributed by atoms with E-state index in [2.05, 4.69) is 6.92 Å². The van der Waals surface area contributed by atoms with E-state index in [1.54, 1.807) is 0 Å². The van der Waals surface area contributed by atoms with Crippen molar-refractivity contribution < 1.29 is 4.79 Å². The number of hydrogen-bond donors (Lipinski definition) is 1. The standard InChI is InChI=1S/C15H22N2O.ClH/c1-2-10-17(13-8-9-13)15(18)11-14(16)12-6-4-3-5-7-12;/h3-7,13-14H,2,8-11,16H2,1H3;1H. The Morgan fingerprint density at radius 2 is 2.00 bits per heavy atom. The van der Waals surface area contributed by atoms with Gasteiger partial charge in [0.25, 0.3) is 0 Å². The van der Waals surface area contributed by atoms with Crippen LogP contribution in [0.15, 0.2) is 30.3 Å². The zero-order chi connectivity index (χ0) is 13.0. The fourth-order valence-corrected chi connectivity index (χ4v) is 2.26. The fraction of sp³-hybridized carbons (Fsp3) is 0.533. The Hall–Kier alpha value is -1.06. The van der Waals surface area contributed by atoms with Crippen LogP contribution >= 0.6 is 12.4 Å². The van der Waals surface area contributed by atoms with Gasteiger partial charge < -0.3 is 10.6 Å². The van der Waals surface area contributed by atoms with E-state index in [1.165, 1.54) is 0 Å². The summed E-state index contributed by atoms with van der Waals surface area (Å²) in [6, 6.07) is 10.2. The van der Waals surface area contributed by atoms with Gasteiger partial charge >= 0.3 is 0 Å². The maximum Gasteiger partial charge on any atom is 0.224 e. The summed E-state index contributed by atoms with van der Waals surface area (Å²) in [4.78, 5) is 14.3. The zero-order valence-electron chi connectivity index (χ0n) is 11.4. The number of benzene rings is 1. The molecule has 0 spiro atoms. The summed E-state index contributed by atoms with van der Waals surface area (Å²) < 4.78 is 0. The lowest BCUT2D eigenvalue weighted by Crippen LogP contribution is -2.35. The third-order valence-electron chi connectivity index (χ3n) is 3.39. The number of carbonyl (C=O) groups excluding carboxylic acids is 1. The predicted octanol–water partition coefficient (Wildman–Crippen LogP) is 2.90. The van der Waals surface area contributed by atoms with Crippen molar-refractivity contribution in [3.63, 3.8) is 0 Å². The molecule has 0 heterocycles. The molecule has 1 aliphatic rings. The van der Waals surface area contributed by atoms with Crippen LogP contribution in [0.1, 0.15) is 44.2 Å². The Morgan fingerprint density at radius 3 is 2.53 bits per heavy atom. The summed E-state index contributed by atoms with van der Waals surface area (Å²) in [6.07, 6.45) is 3.75. The molecule has 0 radical (unpaired) electrons. The molecule has 3 nitrogen and oxygen atoms in total. The summed E-state index contributed by atoms with van der Waals surface area (Å²) in [5.41, 5.74) is 7.14. The maximum absolute atomic E-state index is 12.2. The minimum atomic E-state index is -0.184. The highest BCUT2D eigenvalue weighted by atomic mass is 35.5. The van der Waals surface area contributed by atoms with E-state index in [9.17, 15) is 4.79 Å². The molecule has 2 N–H and O–H groups in total. The van der Waals surface area contributed by atoms with Gasteiger partial charge in [0.15, 0.2) is 0 Å². The van der Waals surface area contributed by atoms with Gasteiger partial charge in [0, 0.05) is 25.0 Å². The average Bonchev–Trinajstić information content (AvgIpc) is 3.21. The number of rotatable bonds is 6. The molecule has 0 aromatic heterocycles. The van der Waals surface area contributed by atoms with E-state index < -0.39 is 0 Å². The number of nitrogens with zero attached hydrogens (tertiary/aromatic N) is 1. The molecule has 1 unspecified atom stereocenters. The lowest BCUT2D eigenvalue weighted by atomic mass is 10.0. The zero-order valence-corrected chi connectivity index (χ0v) is 12.2. The van der Waals surface area contributed by atoms with Gasteiger partial charge in [0.05, 0.1) is 0 Å². The van der Waals surface area contributed by atoms with Crippen molar-refractivity contribution >= 4 is 18.3 Å². The van der Waals surface area contributed by atoms with Crippen LogP contribution in [0, 0.1) is 0 Å². The van der Waals surface area contributed by atoms with Gasteiger partial charge in [0.1, 0.15) is 0 Å². The van der Waals surface area contributed by atoms with E-state index in [4.69, 9.17) is 5.73 Å². The second-order valence-corrected chi connectivity index (χ2v) is 5.04. The molecule has 1 aromatic rings. The Labute approximate surface area is 121 Å². The minimum Gasteiger partial charge on any atom is -0.340 e. The normalized spacial score (nSPS) is 15.5. The number of hydrogen-bond acceptors (Lipinski definition) is 2. The Kier molecular flexibility index (Phi) is 6.32. The van der Waals surface area contributed by atoms with Crippen LogP contribution in [0.25, 0.3) is 0 Å². The molecule has 1 aliphatic carbocycles. The van der Waals surface area contributed by atoms with E-state index in [0.717, 1.165) is 31.4 Å². The molecule has 19 heavy (non-hydrogen) atoms. The first-order valence-electron chi connectivity index (χ1n) is 6.82. The highest BCUT2D eigenvalue weighted by Gasteiger charge is 2.32. The van der Waals surface area contributed by atoms with Crippen molar-refractivity contribution in [3.05, 3.63) is 35.9 Å². The fourth-order valence-electron chi connectivity index (χ4n) is 2.26. The lowest BCUT2D eigenvalue weighted by Gasteiger charge is -2.23. The molecular formula is C15H23ClN2O. The van der Waals surface area contributed by atoms with Crippen LogP contribution in [-0.2, 0) is 4.79 Å². The number of carbonyl (C=O) groups is 1. The molecule has 1 fully saturated rings.